The molecule has 0 saturated heterocycles. The molecular weight excluding hydrogens is 556 g/mol. The van der Waals surface area contributed by atoms with Gasteiger partial charge in [-0.1, -0.05) is 115 Å². The average Bonchev–Trinajstić information content (AvgIpc) is 3.70. The van der Waals surface area contributed by atoms with Crippen LogP contribution in [-0.4, -0.2) is 9.13 Å². The molecule has 0 aliphatic carbocycles. The van der Waals surface area contributed by atoms with Crippen LogP contribution in [0.25, 0.3) is 87.7 Å². The van der Waals surface area contributed by atoms with Gasteiger partial charge in [-0.25, -0.2) is 0 Å². The Balaban J connectivity index is 1.29. The van der Waals surface area contributed by atoms with E-state index in [0.29, 0.717) is 0 Å². The summed E-state index contributed by atoms with van der Waals surface area (Å²) in [6.45, 7) is 0. The first kappa shape index (κ1) is 19.3. The summed E-state index contributed by atoms with van der Waals surface area (Å²) < 4.78 is 65.4. The lowest BCUT2D eigenvalue weighted by molar-refractivity contribution is 1.17. The van der Waals surface area contributed by atoms with E-state index in [1.165, 1.54) is 10.8 Å². The Morgan fingerprint density at radius 1 is 0.391 bits per heavy atom. The Morgan fingerprint density at radius 2 is 1.02 bits per heavy atom. The minimum absolute atomic E-state index is 0.0677. The third-order valence-electron chi connectivity index (χ3n) is 9.12. The van der Waals surface area contributed by atoms with Gasteiger partial charge in [-0.05, 0) is 87.2 Å². The fourth-order valence-corrected chi connectivity index (χ4v) is 7.11. The van der Waals surface area contributed by atoms with Gasteiger partial charge in [0.2, 0.25) is 0 Å². The number of fused-ring (bicyclic) bond motifs is 9. The Morgan fingerprint density at radius 3 is 1.78 bits per heavy atom. The molecule has 0 atom stereocenters. The van der Waals surface area contributed by atoms with E-state index in [1.807, 2.05) is 47.0 Å². The van der Waals surface area contributed by atoms with Crippen molar-refractivity contribution in [2.45, 2.75) is 0 Å². The zero-order chi connectivity index (χ0) is 36.3. The number of benzene rings is 8. The number of rotatable bonds is 3. The predicted octanol–water partition coefficient (Wildman–Crippen LogP) is 11.9. The molecule has 2 nitrogen and oxygen atoms in total. The topological polar surface area (TPSA) is 9.86 Å². The summed E-state index contributed by atoms with van der Waals surface area (Å²) in [6.07, 6.45) is 0. The van der Waals surface area contributed by atoms with Crippen molar-refractivity contribution in [3.63, 3.8) is 0 Å². The highest BCUT2D eigenvalue weighted by Gasteiger charge is 2.20. The molecule has 10 rings (SSSR count). The summed E-state index contributed by atoms with van der Waals surface area (Å²) in [5.74, 6) is 0. The van der Waals surface area contributed by atoms with Crippen LogP contribution in [0.3, 0.4) is 0 Å². The second kappa shape index (κ2) is 9.69. The van der Waals surface area contributed by atoms with Crippen LogP contribution in [0.15, 0.2) is 170 Å². The molecule has 0 bridgehead atoms. The highest BCUT2D eigenvalue weighted by Crippen LogP contribution is 2.42. The number of hydrogen-bond donors (Lipinski definition) is 0. The molecule has 0 spiro atoms. The van der Waals surface area contributed by atoms with Gasteiger partial charge in [0.05, 0.1) is 31.7 Å². The van der Waals surface area contributed by atoms with E-state index < -0.39 is 24.2 Å². The molecule has 0 aliphatic heterocycles. The van der Waals surface area contributed by atoms with Crippen LogP contribution in [0, 0.1) is 0 Å². The summed E-state index contributed by atoms with van der Waals surface area (Å²) in [4.78, 5) is 0. The van der Waals surface area contributed by atoms with Crippen molar-refractivity contribution < 1.29 is 9.60 Å². The fourth-order valence-electron chi connectivity index (χ4n) is 7.11. The van der Waals surface area contributed by atoms with Crippen molar-refractivity contribution in [3.8, 4) is 22.5 Å². The fraction of sp³-hybridized carbons (Fsp3) is 0. The van der Waals surface area contributed by atoms with Crippen LogP contribution in [0.2, 0.25) is 0 Å². The van der Waals surface area contributed by atoms with E-state index in [4.69, 9.17) is 6.85 Å². The molecule has 0 saturated carbocycles. The van der Waals surface area contributed by atoms with Crippen molar-refractivity contribution in [2.24, 2.45) is 0 Å². The van der Waals surface area contributed by atoms with Crippen molar-refractivity contribution >= 4 is 65.2 Å². The van der Waals surface area contributed by atoms with Crippen molar-refractivity contribution in [3.05, 3.63) is 170 Å². The number of para-hydroxylation sites is 2. The summed E-state index contributed by atoms with van der Waals surface area (Å²) in [6, 6.07) is 41.1. The molecule has 0 radical (unpaired) electrons. The standard InChI is InChI=1S/C44H28N2/c1-3-12-31-26-34(21-20-29(31)10-1)33-14-9-15-35(28-33)45-39-18-7-5-16-37(39)43-41(45)24-25-42-44(43)38-17-6-8-19-40(38)46(42)36-23-22-30-11-2-4-13-32(30)27-36/h1-28H/i2D,4D,11D,13D,22D,23D,27D. The van der Waals surface area contributed by atoms with Gasteiger partial charge in [0, 0.05) is 32.9 Å². The minimum Gasteiger partial charge on any atom is -0.309 e. The summed E-state index contributed by atoms with van der Waals surface area (Å²) >= 11 is 0. The van der Waals surface area contributed by atoms with Gasteiger partial charge in [0.25, 0.3) is 0 Å². The third kappa shape index (κ3) is 3.65. The van der Waals surface area contributed by atoms with E-state index in [2.05, 4.69) is 89.5 Å². The molecule has 8 aromatic carbocycles. The Kier molecular flexibility index (Phi) is 4.07. The molecule has 0 unspecified atom stereocenters. The minimum atomic E-state index is -0.485. The lowest BCUT2D eigenvalue weighted by atomic mass is 10.0. The maximum atomic E-state index is 9.38. The molecule has 0 amide bonds. The van der Waals surface area contributed by atoms with E-state index in [-0.39, 0.29) is 34.6 Å². The summed E-state index contributed by atoms with van der Waals surface area (Å²) in [7, 11) is 0. The molecule has 10 aromatic rings. The molecule has 46 heavy (non-hydrogen) atoms. The lowest BCUT2D eigenvalue weighted by Gasteiger charge is -2.12. The van der Waals surface area contributed by atoms with Gasteiger partial charge in [-0.3, -0.25) is 0 Å². The van der Waals surface area contributed by atoms with Crippen LogP contribution in [0.5, 0.6) is 0 Å². The molecule has 0 fully saturated rings. The molecule has 0 N–H and O–H groups in total. The monoisotopic (exact) mass is 591 g/mol. The quantitative estimate of drug-likeness (QED) is 0.193. The van der Waals surface area contributed by atoms with E-state index in [9.17, 15) is 2.74 Å². The highest BCUT2D eigenvalue weighted by molar-refractivity contribution is 6.29. The van der Waals surface area contributed by atoms with E-state index >= 15 is 0 Å². The largest absolute Gasteiger partial charge is 0.309 e. The smallest absolute Gasteiger partial charge is 0.0651 e. The van der Waals surface area contributed by atoms with E-state index in [1.54, 1.807) is 0 Å². The van der Waals surface area contributed by atoms with Crippen LogP contribution >= 0.6 is 0 Å². The number of hydrogen-bond acceptors (Lipinski definition) is 0. The van der Waals surface area contributed by atoms with Crippen molar-refractivity contribution in [1.82, 2.24) is 9.13 Å². The molecular formula is C44H28N2. The first-order chi connectivity index (χ1) is 25.7. The predicted molar refractivity (Wildman–Crippen MR) is 196 cm³/mol. The zero-order valence-electron chi connectivity index (χ0n) is 31.5. The van der Waals surface area contributed by atoms with Gasteiger partial charge in [0.15, 0.2) is 0 Å². The van der Waals surface area contributed by atoms with Gasteiger partial charge in [0.1, 0.15) is 0 Å². The first-order valence-corrected chi connectivity index (χ1v) is 15.3. The van der Waals surface area contributed by atoms with Crippen LogP contribution in [0.1, 0.15) is 9.60 Å². The maximum Gasteiger partial charge on any atom is 0.0651 e. The van der Waals surface area contributed by atoms with Crippen LogP contribution in [-0.2, 0) is 0 Å². The van der Waals surface area contributed by atoms with Gasteiger partial charge >= 0.3 is 0 Å². The Labute approximate surface area is 275 Å². The number of nitrogens with zero attached hydrogens (tertiary/aromatic N) is 2. The van der Waals surface area contributed by atoms with Gasteiger partial charge < -0.3 is 9.13 Å². The Hall–Kier alpha value is -6.12. The van der Waals surface area contributed by atoms with Gasteiger partial charge in [-0.2, -0.15) is 0 Å². The normalized spacial score (nSPS) is 14.0. The van der Waals surface area contributed by atoms with Crippen molar-refractivity contribution in [2.75, 3.05) is 0 Å². The molecule has 2 aromatic heterocycles. The van der Waals surface area contributed by atoms with Gasteiger partial charge in [-0.15, -0.1) is 0 Å². The Bertz CT molecular complexity index is 3210. The maximum absolute atomic E-state index is 9.38. The highest BCUT2D eigenvalue weighted by atomic mass is 15.0. The van der Waals surface area contributed by atoms with Crippen molar-refractivity contribution in [1.29, 1.82) is 0 Å². The SMILES string of the molecule is [2H]c1c([2H])c([2H])c2c([2H])c(-n3c4ccccc4c4c5c6ccccc6n(-c6cccc(-c7ccc8ccccc8c7)c6)c5ccc43)c([2H])c([2H])c2c1[2H]. The summed E-state index contributed by atoms with van der Waals surface area (Å²) in [5, 5.41) is 6.07. The van der Waals surface area contributed by atoms with Crippen LogP contribution < -0.4 is 0 Å². The number of aromatic nitrogens is 2. The third-order valence-corrected chi connectivity index (χ3v) is 9.12. The lowest BCUT2D eigenvalue weighted by Crippen LogP contribution is -1.95. The second-order valence-electron chi connectivity index (χ2n) is 11.6. The first-order valence-electron chi connectivity index (χ1n) is 18.8. The average molecular weight is 592 g/mol. The van der Waals surface area contributed by atoms with Crippen LogP contribution in [0.4, 0.5) is 0 Å². The molecule has 2 heterocycles. The molecule has 214 valence electrons. The zero-order valence-corrected chi connectivity index (χ0v) is 24.5. The molecule has 0 aliphatic rings. The van der Waals surface area contributed by atoms with E-state index in [0.717, 1.165) is 60.4 Å². The molecule has 2 heteroatoms. The second-order valence-corrected chi connectivity index (χ2v) is 11.6. The summed E-state index contributed by atoms with van der Waals surface area (Å²) in [5.41, 5.74) is 6.81.